The SMILES string of the molecule is COC(=O)c1ccc(-n2nc(C(F)(F)F)c3c2CCCC3)cc1. The van der Waals surface area contributed by atoms with Gasteiger partial charge in [0.15, 0.2) is 5.69 Å². The lowest BCUT2D eigenvalue weighted by atomic mass is 9.95. The van der Waals surface area contributed by atoms with Gasteiger partial charge in [0.2, 0.25) is 0 Å². The molecule has 0 N–H and O–H groups in total. The summed E-state index contributed by atoms with van der Waals surface area (Å²) in [7, 11) is 1.27. The van der Waals surface area contributed by atoms with Crippen LogP contribution < -0.4 is 0 Å². The van der Waals surface area contributed by atoms with E-state index < -0.39 is 17.8 Å². The smallest absolute Gasteiger partial charge is 0.435 e. The quantitative estimate of drug-likeness (QED) is 0.794. The lowest BCUT2D eigenvalue weighted by Crippen LogP contribution is -2.11. The van der Waals surface area contributed by atoms with Crippen LogP contribution in [0.5, 0.6) is 0 Å². The van der Waals surface area contributed by atoms with Crippen molar-refractivity contribution in [2.75, 3.05) is 7.11 Å². The topological polar surface area (TPSA) is 44.1 Å². The van der Waals surface area contributed by atoms with E-state index in [0.29, 0.717) is 35.3 Å². The molecule has 0 unspecified atom stereocenters. The minimum Gasteiger partial charge on any atom is -0.465 e. The number of carbonyl (C=O) groups excluding carboxylic acids is 1. The van der Waals surface area contributed by atoms with Crippen LogP contribution in [0.3, 0.4) is 0 Å². The second-order valence-electron chi connectivity index (χ2n) is 5.43. The molecule has 0 bridgehead atoms. The summed E-state index contributed by atoms with van der Waals surface area (Å²) in [5, 5.41) is 3.80. The molecule has 0 amide bonds. The van der Waals surface area contributed by atoms with Crippen molar-refractivity contribution in [3.63, 3.8) is 0 Å². The van der Waals surface area contributed by atoms with Crippen molar-refractivity contribution in [2.45, 2.75) is 31.9 Å². The summed E-state index contributed by atoms with van der Waals surface area (Å²) in [6.07, 6.45) is -1.92. The molecule has 7 heteroatoms. The lowest BCUT2D eigenvalue weighted by Gasteiger charge is -2.14. The average Bonchev–Trinajstić information content (AvgIpc) is 2.94. The highest BCUT2D eigenvalue weighted by atomic mass is 19.4. The molecule has 23 heavy (non-hydrogen) atoms. The molecular weight excluding hydrogens is 309 g/mol. The molecule has 0 saturated heterocycles. The zero-order valence-corrected chi connectivity index (χ0v) is 12.5. The first-order valence-electron chi connectivity index (χ1n) is 7.28. The molecule has 0 spiro atoms. The Morgan fingerprint density at radius 2 is 1.83 bits per heavy atom. The van der Waals surface area contributed by atoms with E-state index in [1.165, 1.54) is 23.9 Å². The van der Waals surface area contributed by atoms with Crippen LogP contribution in [0.4, 0.5) is 13.2 Å². The maximum absolute atomic E-state index is 13.2. The van der Waals surface area contributed by atoms with E-state index in [1.807, 2.05) is 0 Å². The number of esters is 1. The first kappa shape index (κ1) is 15.6. The first-order valence-corrected chi connectivity index (χ1v) is 7.28. The van der Waals surface area contributed by atoms with Gasteiger partial charge >= 0.3 is 12.1 Å². The molecule has 1 aliphatic carbocycles. The molecule has 1 aliphatic rings. The fraction of sp³-hybridized carbons (Fsp3) is 0.375. The fourth-order valence-corrected chi connectivity index (χ4v) is 2.90. The van der Waals surface area contributed by atoms with Gasteiger partial charge < -0.3 is 4.74 Å². The zero-order valence-electron chi connectivity index (χ0n) is 12.5. The van der Waals surface area contributed by atoms with Crippen molar-refractivity contribution in [1.82, 2.24) is 9.78 Å². The van der Waals surface area contributed by atoms with Gasteiger partial charge in [-0.25, -0.2) is 9.48 Å². The van der Waals surface area contributed by atoms with E-state index in [4.69, 9.17) is 0 Å². The van der Waals surface area contributed by atoms with E-state index in [2.05, 4.69) is 9.84 Å². The highest BCUT2D eigenvalue weighted by molar-refractivity contribution is 5.89. The molecule has 122 valence electrons. The first-order chi connectivity index (χ1) is 10.9. The Balaban J connectivity index is 2.06. The number of aromatic nitrogens is 2. The normalized spacial score (nSPS) is 14.4. The molecule has 0 fully saturated rings. The Bertz CT molecular complexity index is 733. The molecule has 4 nitrogen and oxygen atoms in total. The third-order valence-electron chi connectivity index (χ3n) is 3.98. The molecule has 0 aliphatic heterocycles. The van der Waals surface area contributed by atoms with E-state index in [1.54, 1.807) is 12.1 Å². The summed E-state index contributed by atoms with van der Waals surface area (Å²) in [5.74, 6) is -0.491. The average molecular weight is 324 g/mol. The molecule has 0 radical (unpaired) electrons. The van der Waals surface area contributed by atoms with Gasteiger partial charge in [0.25, 0.3) is 0 Å². The summed E-state index contributed by atoms with van der Waals surface area (Å²) in [6, 6.07) is 6.19. The number of ether oxygens (including phenoxy) is 1. The van der Waals surface area contributed by atoms with Crippen molar-refractivity contribution in [3.8, 4) is 5.69 Å². The van der Waals surface area contributed by atoms with Crippen LogP contribution in [0, 0.1) is 0 Å². The highest BCUT2D eigenvalue weighted by Gasteiger charge is 2.39. The van der Waals surface area contributed by atoms with Crippen molar-refractivity contribution in [2.24, 2.45) is 0 Å². The minimum atomic E-state index is -4.46. The number of alkyl halides is 3. The largest absolute Gasteiger partial charge is 0.465 e. The standard InChI is InChI=1S/C16H15F3N2O2/c1-23-15(22)10-6-8-11(9-7-10)21-13-5-3-2-4-12(13)14(20-21)16(17,18)19/h6-9H,2-5H2,1H3. The van der Waals surface area contributed by atoms with E-state index >= 15 is 0 Å². The molecule has 2 aromatic rings. The Labute approximate surface area is 130 Å². The Morgan fingerprint density at radius 1 is 1.17 bits per heavy atom. The number of carbonyl (C=O) groups is 1. The summed E-state index contributed by atoms with van der Waals surface area (Å²) in [5.41, 5.74) is 0.944. The van der Waals surface area contributed by atoms with Gasteiger partial charge in [-0.2, -0.15) is 18.3 Å². The second kappa shape index (κ2) is 5.72. The zero-order chi connectivity index (χ0) is 16.6. The number of benzene rings is 1. The molecule has 0 atom stereocenters. The third kappa shape index (κ3) is 2.83. The fourth-order valence-electron chi connectivity index (χ4n) is 2.90. The van der Waals surface area contributed by atoms with Gasteiger partial charge in [-0.15, -0.1) is 0 Å². The van der Waals surface area contributed by atoms with E-state index in [0.717, 1.165) is 12.8 Å². The van der Waals surface area contributed by atoms with Gasteiger partial charge in [0.05, 0.1) is 18.4 Å². The number of hydrogen-bond donors (Lipinski definition) is 0. The highest BCUT2D eigenvalue weighted by Crippen LogP contribution is 2.36. The van der Waals surface area contributed by atoms with Crippen LogP contribution in [0.25, 0.3) is 5.69 Å². The number of halogens is 3. The summed E-state index contributed by atoms with van der Waals surface area (Å²) in [4.78, 5) is 11.4. The van der Waals surface area contributed by atoms with Crippen molar-refractivity contribution in [3.05, 3.63) is 46.8 Å². The maximum Gasteiger partial charge on any atom is 0.435 e. The number of methoxy groups -OCH3 is 1. The molecule has 1 aromatic heterocycles. The summed E-state index contributed by atoms with van der Waals surface area (Å²) < 4.78 is 45.5. The third-order valence-corrected chi connectivity index (χ3v) is 3.98. The van der Waals surface area contributed by atoms with Crippen LogP contribution in [-0.4, -0.2) is 22.9 Å². The van der Waals surface area contributed by atoms with Crippen LogP contribution in [-0.2, 0) is 23.8 Å². The minimum absolute atomic E-state index is 0.292. The van der Waals surface area contributed by atoms with Crippen LogP contribution in [0.15, 0.2) is 24.3 Å². The molecule has 3 rings (SSSR count). The van der Waals surface area contributed by atoms with Crippen molar-refractivity contribution >= 4 is 5.97 Å². The van der Waals surface area contributed by atoms with Gasteiger partial charge in [0, 0.05) is 11.3 Å². The van der Waals surface area contributed by atoms with Crippen molar-refractivity contribution < 1.29 is 22.7 Å². The predicted molar refractivity (Wildman–Crippen MR) is 76.5 cm³/mol. The van der Waals surface area contributed by atoms with E-state index in [-0.39, 0.29) is 0 Å². The van der Waals surface area contributed by atoms with Crippen LogP contribution >= 0.6 is 0 Å². The predicted octanol–water partition coefficient (Wildman–Crippen LogP) is 3.56. The molecule has 0 saturated carbocycles. The van der Waals surface area contributed by atoms with Gasteiger partial charge in [-0.1, -0.05) is 0 Å². The van der Waals surface area contributed by atoms with E-state index in [9.17, 15) is 18.0 Å². The van der Waals surface area contributed by atoms with Gasteiger partial charge in [-0.05, 0) is 49.9 Å². The number of fused-ring (bicyclic) bond motifs is 1. The van der Waals surface area contributed by atoms with Gasteiger partial charge in [-0.3, -0.25) is 0 Å². The van der Waals surface area contributed by atoms with Crippen LogP contribution in [0.1, 0.15) is 40.2 Å². The summed E-state index contributed by atoms with van der Waals surface area (Å²) in [6.45, 7) is 0. The number of rotatable bonds is 2. The Morgan fingerprint density at radius 3 is 2.43 bits per heavy atom. The molecule has 1 aromatic carbocycles. The second-order valence-corrected chi connectivity index (χ2v) is 5.43. The Kier molecular flexibility index (Phi) is 3.87. The Hall–Kier alpha value is -2.31. The molecule has 1 heterocycles. The van der Waals surface area contributed by atoms with Crippen molar-refractivity contribution in [1.29, 1.82) is 0 Å². The lowest BCUT2D eigenvalue weighted by molar-refractivity contribution is -0.142. The summed E-state index contributed by atoms with van der Waals surface area (Å²) >= 11 is 0. The van der Waals surface area contributed by atoms with Gasteiger partial charge in [0.1, 0.15) is 0 Å². The maximum atomic E-state index is 13.2. The number of hydrogen-bond acceptors (Lipinski definition) is 3. The monoisotopic (exact) mass is 324 g/mol. The van der Waals surface area contributed by atoms with Crippen LogP contribution in [0.2, 0.25) is 0 Å². The number of nitrogens with zero attached hydrogens (tertiary/aromatic N) is 2. The molecular formula is C16H15F3N2O2.